The third kappa shape index (κ3) is 5.59. The van der Waals surface area contributed by atoms with E-state index in [0.29, 0.717) is 23.5 Å². The number of hydrogen-bond donors (Lipinski definition) is 3. The number of hydrogen-bond acceptors (Lipinski definition) is 6. The van der Waals surface area contributed by atoms with Gasteiger partial charge in [0.2, 0.25) is 0 Å². The minimum Gasteiger partial charge on any atom is -0.489 e. The highest BCUT2D eigenvalue weighted by atomic mass is 16.5. The fourth-order valence-corrected chi connectivity index (χ4v) is 5.23. The van der Waals surface area contributed by atoms with Crippen LogP contribution in [-0.4, -0.2) is 55.9 Å². The van der Waals surface area contributed by atoms with Gasteiger partial charge in [0.05, 0.1) is 30.5 Å². The second kappa shape index (κ2) is 12.0. The number of nitrogens with one attached hydrogen (secondary N) is 1. The molecule has 0 radical (unpaired) electrons. The molecule has 2 heterocycles. The number of fused-ring (bicyclic) bond motifs is 1. The first-order valence-corrected chi connectivity index (χ1v) is 13.7. The van der Waals surface area contributed by atoms with E-state index in [1.54, 1.807) is 23.9 Å². The van der Waals surface area contributed by atoms with Crippen molar-refractivity contribution in [3.05, 3.63) is 95.3 Å². The van der Waals surface area contributed by atoms with Crippen LogP contribution in [0.5, 0.6) is 5.75 Å². The highest BCUT2D eigenvalue weighted by Gasteiger charge is 2.24. The number of aliphatic hydroxyl groups excluding tert-OH is 2. The Kier molecular flexibility index (Phi) is 8.19. The molecule has 1 unspecified atom stereocenters. The molecule has 41 heavy (non-hydrogen) atoms. The lowest BCUT2D eigenvalue weighted by Gasteiger charge is -2.14. The fourth-order valence-electron chi connectivity index (χ4n) is 5.23. The number of amides is 1. The molecular weight excluding hydrogens is 518 g/mol. The van der Waals surface area contributed by atoms with Crippen molar-refractivity contribution in [3.63, 3.8) is 0 Å². The molecule has 3 aromatic carbocycles. The molecule has 212 valence electrons. The van der Waals surface area contributed by atoms with Crippen LogP contribution in [0.4, 0.5) is 0 Å². The molecule has 0 spiro atoms. The molecule has 0 bridgehead atoms. The SMILES string of the molecule is CNC(=O)c1ccc(-n2nc(-c3cccc4nn(CC(O)c5ccccc5)cc34)c(C(C)C)c2C)c(OCCO)c1. The van der Waals surface area contributed by atoms with E-state index in [4.69, 9.17) is 14.9 Å². The molecule has 1 amide bonds. The average Bonchev–Trinajstić information content (AvgIpc) is 3.56. The Hall–Kier alpha value is -4.47. The average molecular weight is 554 g/mol. The first-order chi connectivity index (χ1) is 19.8. The van der Waals surface area contributed by atoms with Crippen molar-refractivity contribution < 1.29 is 19.7 Å². The third-order valence-corrected chi connectivity index (χ3v) is 7.16. The van der Waals surface area contributed by atoms with Crippen molar-refractivity contribution in [1.82, 2.24) is 24.9 Å². The van der Waals surface area contributed by atoms with Crippen molar-refractivity contribution >= 4 is 16.8 Å². The van der Waals surface area contributed by atoms with Crippen LogP contribution in [-0.2, 0) is 6.54 Å². The fraction of sp³-hybridized carbons (Fsp3) is 0.281. The molecule has 5 rings (SSSR count). The van der Waals surface area contributed by atoms with E-state index in [1.807, 2.05) is 72.4 Å². The summed E-state index contributed by atoms with van der Waals surface area (Å²) in [7, 11) is 1.58. The maximum atomic E-state index is 12.3. The Bertz CT molecular complexity index is 1670. The molecule has 0 aliphatic carbocycles. The standard InChI is InChI=1S/C32H35N5O4/c1-20(2)30-21(3)37(27-14-13-23(32(40)33-4)17-29(27)41-16-15-38)35-31(30)24-11-8-12-26-25(24)18-36(34-26)19-28(39)22-9-6-5-7-10-22/h5-14,17-18,20,28,38-39H,15-16,19H2,1-4H3,(H,33,40). The van der Waals surface area contributed by atoms with Crippen molar-refractivity contribution in [2.75, 3.05) is 20.3 Å². The Balaban J connectivity index is 1.60. The first kappa shape index (κ1) is 28.1. The van der Waals surface area contributed by atoms with Crippen LogP contribution in [0.15, 0.2) is 72.9 Å². The summed E-state index contributed by atoms with van der Waals surface area (Å²) in [5.41, 5.74) is 6.57. The molecule has 0 aliphatic rings. The zero-order valence-electron chi connectivity index (χ0n) is 23.7. The monoisotopic (exact) mass is 553 g/mol. The Morgan fingerprint density at radius 1 is 1.05 bits per heavy atom. The smallest absolute Gasteiger partial charge is 0.251 e. The maximum absolute atomic E-state index is 12.3. The zero-order valence-corrected chi connectivity index (χ0v) is 23.7. The largest absolute Gasteiger partial charge is 0.489 e. The van der Waals surface area contributed by atoms with E-state index in [2.05, 4.69) is 19.2 Å². The van der Waals surface area contributed by atoms with Gasteiger partial charge in [-0.25, -0.2) is 4.68 Å². The molecule has 5 aromatic rings. The predicted octanol–water partition coefficient (Wildman–Crippen LogP) is 4.79. The van der Waals surface area contributed by atoms with Gasteiger partial charge in [-0.2, -0.15) is 10.2 Å². The number of carbonyl (C=O) groups excluding carboxylic acids is 1. The lowest BCUT2D eigenvalue weighted by molar-refractivity contribution is 0.0962. The Morgan fingerprint density at radius 2 is 1.83 bits per heavy atom. The van der Waals surface area contributed by atoms with Crippen molar-refractivity contribution in [1.29, 1.82) is 0 Å². The van der Waals surface area contributed by atoms with E-state index < -0.39 is 6.10 Å². The number of aliphatic hydroxyl groups is 2. The van der Waals surface area contributed by atoms with Crippen LogP contribution in [0, 0.1) is 6.92 Å². The molecule has 0 fully saturated rings. The Labute approximate surface area is 239 Å². The van der Waals surface area contributed by atoms with Gasteiger partial charge in [0.15, 0.2) is 0 Å². The van der Waals surface area contributed by atoms with Gasteiger partial charge in [-0.1, -0.05) is 56.3 Å². The minimum atomic E-state index is -0.684. The minimum absolute atomic E-state index is 0.0851. The lowest BCUT2D eigenvalue weighted by atomic mass is 9.95. The van der Waals surface area contributed by atoms with Crippen LogP contribution >= 0.6 is 0 Å². The molecule has 0 aliphatic heterocycles. The summed E-state index contributed by atoms with van der Waals surface area (Å²) in [6.07, 6.45) is 1.28. The quantitative estimate of drug-likeness (QED) is 0.229. The Morgan fingerprint density at radius 3 is 2.54 bits per heavy atom. The summed E-state index contributed by atoms with van der Waals surface area (Å²) in [6, 6.07) is 20.7. The first-order valence-electron chi connectivity index (χ1n) is 13.7. The maximum Gasteiger partial charge on any atom is 0.251 e. The van der Waals surface area contributed by atoms with Crippen LogP contribution in [0.1, 0.15) is 53.0 Å². The number of ether oxygens (including phenoxy) is 1. The van der Waals surface area contributed by atoms with E-state index in [9.17, 15) is 15.0 Å². The number of rotatable bonds is 10. The van der Waals surface area contributed by atoms with Gasteiger partial charge in [-0.05, 0) is 42.7 Å². The molecule has 1 atom stereocenters. The number of carbonyl (C=O) groups is 1. The summed E-state index contributed by atoms with van der Waals surface area (Å²) in [4.78, 5) is 12.3. The van der Waals surface area contributed by atoms with Gasteiger partial charge < -0.3 is 20.3 Å². The highest BCUT2D eigenvalue weighted by molar-refractivity contribution is 5.95. The number of nitrogens with zero attached hydrogens (tertiary/aromatic N) is 4. The zero-order chi connectivity index (χ0) is 29.1. The number of benzene rings is 3. The van der Waals surface area contributed by atoms with Gasteiger partial charge >= 0.3 is 0 Å². The summed E-state index contributed by atoms with van der Waals surface area (Å²) >= 11 is 0. The van der Waals surface area contributed by atoms with Crippen LogP contribution in [0.25, 0.3) is 27.8 Å². The predicted molar refractivity (Wildman–Crippen MR) is 158 cm³/mol. The van der Waals surface area contributed by atoms with Crippen molar-refractivity contribution in [2.24, 2.45) is 0 Å². The topological polar surface area (TPSA) is 114 Å². The molecule has 3 N–H and O–H groups in total. The highest BCUT2D eigenvalue weighted by Crippen LogP contribution is 2.37. The molecule has 9 heteroatoms. The molecule has 0 saturated heterocycles. The summed E-state index contributed by atoms with van der Waals surface area (Å²) in [5, 5.41) is 33.6. The summed E-state index contributed by atoms with van der Waals surface area (Å²) < 4.78 is 9.49. The van der Waals surface area contributed by atoms with Gasteiger partial charge in [0, 0.05) is 41.0 Å². The summed E-state index contributed by atoms with van der Waals surface area (Å²) in [6.45, 7) is 6.54. The van der Waals surface area contributed by atoms with Gasteiger partial charge in [-0.3, -0.25) is 9.48 Å². The van der Waals surface area contributed by atoms with E-state index in [-0.39, 0.29) is 25.0 Å². The second-order valence-corrected chi connectivity index (χ2v) is 10.3. The lowest BCUT2D eigenvalue weighted by Crippen LogP contribution is -2.18. The van der Waals surface area contributed by atoms with E-state index >= 15 is 0 Å². The summed E-state index contributed by atoms with van der Waals surface area (Å²) in [5.74, 6) is 0.386. The van der Waals surface area contributed by atoms with Crippen molar-refractivity contribution in [2.45, 2.75) is 39.3 Å². The molecular formula is C32H35N5O4. The second-order valence-electron chi connectivity index (χ2n) is 10.3. The van der Waals surface area contributed by atoms with Crippen molar-refractivity contribution in [3.8, 4) is 22.7 Å². The molecule has 2 aromatic heterocycles. The van der Waals surface area contributed by atoms with Gasteiger partial charge in [0.25, 0.3) is 5.91 Å². The number of aromatic nitrogens is 4. The molecule has 0 saturated carbocycles. The normalized spacial score (nSPS) is 12.2. The van der Waals surface area contributed by atoms with Crippen LogP contribution in [0.2, 0.25) is 0 Å². The van der Waals surface area contributed by atoms with E-state index in [1.165, 1.54) is 0 Å². The third-order valence-electron chi connectivity index (χ3n) is 7.16. The van der Waals surface area contributed by atoms with Gasteiger partial charge in [0.1, 0.15) is 18.0 Å². The van der Waals surface area contributed by atoms with E-state index in [0.717, 1.165) is 39.0 Å². The van der Waals surface area contributed by atoms with Crippen LogP contribution in [0.3, 0.4) is 0 Å². The molecule has 9 nitrogen and oxygen atoms in total. The van der Waals surface area contributed by atoms with Crippen LogP contribution < -0.4 is 10.1 Å². The van der Waals surface area contributed by atoms with Gasteiger partial charge in [-0.15, -0.1) is 0 Å².